The molecule has 6 atom stereocenters. The molecule has 2 spiro atoms. The Bertz CT molecular complexity index is 942. The van der Waals surface area contributed by atoms with E-state index in [1.54, 1.807) is 5.57 Å². The van der Waals surface area contributed by atoms with Crippen molar-refractivity contribution in [1.82, 2.24) is 0 Å². The smallest absolute Gasteiger partial charge is 0.174 e. The summed E-state index contributed by atoms with van der Waals surface area (Å²) in [4.78, 5) is 0. The van der Waals surface area contributed by atoms with Crippen molar-refractivity contribution in [2.75, 3.05) is 26.4 Å². The summed E-state index contributed by atoms with van der Waals surface area (Å²) < 4.78 is 25.1. The van der Waals surface area contributed by atoms with Gasteiger partial charge in [0.2, 0.25) is 0 Å². The van der Waals surface area contributed by atoms with Gasteiger partial charge in [-0.2, -0.15) is 0 Å². The summed E-state index contributed by atoms with van der Waals surface area (Å²) in [6.45, 7) is 5.34. The van der Waals surface area contributed by atoms with Crippen molar-refractivity contribution in [2.24, 2.45) is 29.1 Å². The van der Waals surface area contributed by atoms with Crippen LogP contribution in [0.3, 0.4) is 0 Å². The maximum Gasteiger partial charge on any atom is 0.174 e. The third-order valence-electron chi connectivity index (χ3n) is 10.4. The molecule has 4 aliphatic carbocycles. The fourth-order valence-electron chi connectivity index (χ4n) is 9.06. The average Bonchev–Trinajstić information content (AvgIpc) is 3.55. The Morgan fingerprint density at radius 1 is 0.879 bits per heavy atom. The second kappa shape index (κ2) is 7.30. The zero-order valence-electron chi connectivity index (χ0n) is 19.6. The fraction of sp³-hybridized carbons (Fsp3) is 0.714. The Labute approximate surface area is 196 Å². The highest BCUT2D eigenvalue weighted by molar-refractivity contribution is 5.33. The zero-order chi connectivity index (χ0) is 22.3. The van der Waals surface area contributed by atoms with E-state index in [2.05, 4.69) is 25.1 Å². The van der Waals surface area contributed by atoms with Gasteiger partial charge in [-0.1, -0.05) is 30.7 Å². The Morgan fingerprint density at radius 3 is 2.36 bits per heavy atom. The Kier molecular flexibility index (Phi) is 4.63. The van der Waals surface area contributed by atoms with Gasteiger partial charge in [0, 0.05) is 24.7 Å². The van der Waals surface area contributed by atoms with Crippen molar-refractivity contribution in [1.29, 1.82) is 0 Å². The second-order valence-electron chi connectivity index (χ2n) is 11.6. The molecule has 4 unspecified atom stereocenters. The van der Waals surface area contributed by atoms with E-state index in [-0.39, 0.29) is 11.2 Å². The average molecular weight is 453 g/mol. The first-order valence-corrected chi connectivity index (χ1v) is 13.1. The molecule has 7 rings (SSSR count). The number of ether oxygens (including phenoxy) is 4. The number of fused-ring (bicyclic) bond motifs is 6. The highest BCUT2D eigenvalue weighted by atomic mass is 16.7. The van der Waals surface area contributed by atoms with Crippen molar-refractivity contribution in [3.05, 3.63) is 41.5 Å². The van der Waals surface area contributed by atoms with E-state index >= 15 is 0 Å². The van der Waals surface area contributed by atoms with Crippen LogP contribution in [0.5, 0.6) is 5.75 Å². The SMILES string of the molecule is C[C@]12C[C@H](c3ccc(O)cc3)C3C4CCC5(CC4=CCC3C1CCC21OCCO1)OCCO5. The first-order chi connectivity index (χ1) is 16.0. The molecule has 6 aliphatic rings. The van der Waals surface area contributed by atoms with E-state index in [4.69, 9.17) is 18.9 Å². The summed E-state index contributed by atoms with van der Waals surface area (Å²) in [7, 11) is 0. The lowest BCUT2D eigenvalue weighted by Gasteiger charge is -2.58. The van der Waals surface area contributed by atoms with Crippen LogP contribution in [0.25, 0.3) is 0 Å². The number of hydrogen-bond donors (Lipinski definition) is 1. The van der Waals surface area contributed by atoms with E-state index in [1.807, 2.05) is 12.1 Å². The van der Waals surface area contributed by atoms with Gasteiger partial charge in [0.15, 0.2) is 11.6 Å². The molecule has 3 saturated carbocycles. The molecule has 2 aliphatic heterocycles. The van der Waals surface area contributed by atoms with Crippen LogP contribution in [0, 0.1) is 29.1 Å². The number of phenolic OH excluding ortho intramolecular Hbond substituents is 1. The molecular formula is C28H36O5. The van der Waals surface area contributed by atoms with E-state index in [9.17, 15) is 5.11 Å². The molecule has 0 aromatic heterocycles. The standard InChI is InChI=1S/C28H36O5/c1-26-17-23(18-2-5-20(29)6-3-18)25-21-8-10-27(30-12-13-31-27)16-19(21)4-7-22(25)24(26)9-11-28(26)32-14-15-33-28/h2-6,21-25,29H,7-17H2,1H3/t21?,22?,23-,24?,25?,26+/m1/s1. The van der Waals surface area contributed by atoms with Gasteiger partial charge in [-0.05, 0) is 73.0 Å². The molecule has 5 fully saturated rings. The minimum Gasteiger partial charge on any atom is -0.508 e. The van der Waals surface area contributed by atoms with E-state index in [0.29, 0.717) is 35.3 Å². The van der Waals surface area contributed by atoms with Gasteiger partial charge in [0.25, 0.3) is 0 Å². The number of aromatic hydroxyl groups is 1. The lowest BCUT2D eigenvalue weighted by atomic mass is 9.48. The first-order valence-electron chi connectivity index (χ1n) is 13.1. The lowest BCUT2D eigenvalue weighted by molar-refractivity contribution is -0.243. The van der Waals surface area contributed by atoms with Gasteiger partial charge < -0.3 is 24.1 Å². The number of rotatable bonds is 1. The van der Waals surface area contributed by atoms with Crippen molar-refractivity contribution < 1.29 is 24.1 Å². The van der Waals surface area contributed by atoms with Crippen LogP contribution in [-0.2, 0) is 18.9 Å². The molecule has 178 valence electrons. The molecule has 5 heteroatoms. The van der Waals surface area contributed by atoms with Crippen molar-refractivity contribution in [3.8, 4) is 5.75 Å². The topological polar surface area (TPSA) is 57.2 Å². The summed E-state index contributed by atoms with van der Waals surface area (Å²) in [5, 5.41) is 9.98. The number of phenols is 1. The van der Waals surface area contributed by atoms with Crippen molar-refractivity contribution in [3.63, 3.8) is 0 Å². The summed E-state index contributed by atoms with van der Waals surface area (Å²) in [5.74, 6) is 2.47. The quantitative estimate of drug-likeness (QED) is 0.598. The molecule has 1 aromatic rings. The minimum atomic E-state index is -0.413. The number of hydrogen-bond acceptors (Lipinski definition) is 5. The molecule has 0 bridgehead atoms. The molecule has 0 radical (unpaired) electrons. The molecule has 1 N–H and O–H groups in total. The summed E-state index contributed by atoms with van der Waals surface area (Å²) in [5.41, 5.74) is 2.95. The van der Waals surface area contributed by atoms with Crippen LogP contribution < -0.4 is 0 Å². The Hall–Kier alpha value is -1.40. The van der Waals surface area contributed by atoms with E-state index in [1.165, 1.54) is 12.0 Å². The number of allylic oxidation sites excluding steroid dienone is 1. The molecule has 5 nitrogen and oxygen atoms in total. The number of benzene rings is 1. The molecular weight excluding hydrogens is 416 g/mol. The first kappa shape index (κ1) is 20.9. The maximum atomic E-state index is 9.98. The zero-order valence-corrected chi connectivity index (χ0v) is 19.6. The molecule has 2 heterocycles. The summed E-state index contributed by atoms with van der Waals surface area (Å²) >= 11 is 0. The molecule has 2 saturated heterocycles. The highest BCUT2D eigenvalue weighted by Crippen LogP contribution is 2.69. The van der Waals surface area contributed by atoms with Crippen LogP contribution in [0.2, 0.25) is 0 Å². The van der Waals surface area contributed by atoms with Gasteiger partial charge in [-0.3, -0.25) is 0 Å². The summed E-state index contributed by atoms with van der Waals surface area (Å²) in [6.07, 6.45) is 10.1. The molecule has 33 heavy (non-hydrogen) atoms. The second-order valence-corrected chi connectivity index (χ2v) is 11.6. The highest BCUT2D eigenvalue weighted by Gasteiger charge is 2.67. The van der Waals surface area contributed by atoms with E-state index < -0.39 is 5.79 Å². The van der Waals surface area contributed by atoms with Crippen LogP contribution in [0.15, 0.2) is 35.9 Å². The van der Waals surface area contributed by atoms with Gasteiger partial charge in [-0.15, -0.1) is 0 Å². The third kappa shape index (κ3) is 2.92. The largest absolute Gasteiger partial charge is 0.508 e. The van der Waals surface area contributed by atoms with Crippen LogP contribution >= 0.6 is 0 Å². The van der Waals surface area contributed by atoms with Crippen LogP contribution in [-0.4, -0.2) is 43.1 Å². The molecule has 1 aromatic carbocycles. The van der Waals surface area contributed by atoms with Crippen LogP contribution in [0.4, 0.5) is 0 Å². The molecule has 0 amide bonds. The Balaban J connectivity index is 1.30. The summed E-state index contributed by atoms with van der Waals surface area (Å²) in [6, 6.07) is 8.04. The van der Waals surface area contributed by atoms with Gasteiger partial charge in [0.05, 0.1) is 26.4 Å². The maximum absolute atomic E-state index is 9.98. The van der Waals surface area contributed by atoms with Crippen molar-refractivity contribution >= 4 is 0 Å². The van der Waals surface area contributed by atoms with Gasteiger partial charge in [-0.25, -0.2) is 0 Å². The predicted octanol–water partition coefficient (Wildman–Crippen LogP) is 5.14. The van der Waals surface area contributed by atoms with E-state index in [0.717, 1.165) is 65.0 Å². The normalized spacial score (nSPS) is 42.7. The van der Waals surface area contributed by atoms with Crippen LogP contribution in [0.1, 0.15) is 63.4 Å². The van der Waals surface area contributed by atoms with Gasteiger partial charge in [0.1, 0.15) is 5.75 Å². The van der Waals surface area contributed by atoms with Crippen molar-refractivity contribution in [2.45, 2.75) is 69.4 Å². The predicted molar refractivity (Wildman–Crippen MR) is 123 cm³/mol. The third-order valence-corrected chi connectivity index (χ3v) is 10.4. The lowest BCUT2D eigenvalue weighted by Crippen LogP contribution is -2.55. The fourth-order valence-corrected chi connectivity index (χ4v) is 9.06. The van der Waals surface area contributed by atoms with Gasteiger partial charge >= 0.3 is 0 Å². The minimum absolute atomic E-state index is 0.0200. The Morgan fingerprint density at radius 2 is 1.61 bits per heavy atom. The monoisotopic (exact) mass is 452 g/mol.